The Balaban J connectivity index is 1.95. The lowest BCUT2D eigenvalue weighted by molar-refractivity contribution is -0.195. The molecule has 6 nitrogen and oxygen atoms in total. The van der Waals surface area contributed by atoms with E-state index in [1.165, 1.54) is 13.2 Å². The zero-order valence-electron chi connectivity index (χ0n) is 20.6. The van der Waals surface area contributed by atoms with Gasteiger partial charge in [0.2, 0.25) is 5.78 Å². The van der Waals surface area contributed by atoms with Gasteiger partial charge in [-0.15, -0.1) is 0 Å². The Morgan fingerprint density at radius 3 is 2.62 bits per heavy atom. The smallest absolute Gasteiger partial charge is 0.309 e. The van der Waals surface area contributed by atoms with E-state index in [1.807, 2.05) is 0 Å². The molecule has 34 heavy (non-hydrogen) atoms. The molecule has 0 radical (unpaired) electrons. The molecule has 0 spiro atoms. The number of ketones is 2. The molecule has 2 fully saturated rings. The van der Waals surface area contributed by atoms with Crippen LogP contribution in [0.25, 0.3) is 0 Å². The normalized spacial score (nSPS) is 25.7. The van der Waals surface area contributed by atoms with E-state index in [4.69, 9.17) is 9.47 Å². The summed E-state index contributed by atoms with van der Waals surface area (Å²) in [6.45, 7) is 2.25. The predicted octanol–water partition coefficient (Wildman–Crippen LogP) is 5.57. The summed E-state index contributed by atoms with van der Waals surface area (Å²) in [5.74, 6) is -5.04. The van der Waals surface area contributed by atoms with E-state index in [1.54, 1.807) is 6.92 Å². The van der Waals surface area contributed by atoms with Gasteiger partial charge in [0.15, 0.2) is 6.29 Å². The summed E-state index contributed by atoms with van der Waals surface area (Å²) in [7, 11) is 1.37. The summed E-state index contributed by atoms with van der Waals surface area (Å²) in [4.78, 5) is 36.0. The number of carbonyl (C=O) groups is 3. The first-order valence-electron chi connectivity index (χ1n) is 12.7. The molecule has 2 rings (SSSR count). The molecular weight excluding hydrogens is 446 g/mol. The average Bonchev–Trinajstić information content (AvgIpc) is 3.10. The van der Waals surface area contributed by atoms with Crippen molar-refractivity contribution in [3.05, 3.63) is 12.2 Å². The van der Waals surface area contributed by atoms with Crippen molar-refractivity contribution in [2.75, 3.05) is 13.7 Å². The Labute approximate surface area is 201 Å². The number of hydrogen-bond donors (Lipinski definition) is 0. The minimum atomic E-state index is -3.35. The zero-order chi connectivity index (χ0) is 25.0. The summed E-state index contributed by atoms with van der Waals surface area (Å²) in [5, 5.41) is 0. The van der Waals surface area contributed by atoms with Crippen LogP contribution in [0.4, 0.5) is 8.78 Å². The highest BCUT2D eigenvalue weighted by Crippen LogP contribution is 2.39. The van der Waals surface area contributed by atoms with Crippen LogP contribution in [-0.2, 0) is 28.6 Å². The lowest BCUT2D eigenvalue weighted by Crippen LogP contribution is -2.31. The Kier molecular flexibility index (Phi) is 12.3. The number of hydrogen-bond acceptors (Lipinski definition) is 6. The molecule has 1 saturated carbocycles. The van der Waals surface area contributed by atoms with Gasteiger partial charge in [-0.2, -0.15) is 8.78 Å². The van der Waals surface area contributed by atoms with Crippen molar-refractivity contribution in [1.82, 2.24) is 0 Å². The number of rotatable bonds is 15. The van der Waals surface area contributed by atoms with Gasteiger partial charge < -0.3 is 14.2 Å². The number of allylic oxidation sites excluding steroid dienone is 2. The topological polar surface area (TPSA) is 78.9 Å². The van der Waals surface area contributed by atoms with Gasteiger partial charge in [0, 0.05) is 31.8 Å². The summed E-state index contributed by atoms with van der Waals surface area (Å²) in [6.07, 6.45) is 9.33. The molecule has 0 amide bonds. The molecule has 1 heterocycles. The molecule has 8 heteroatoms. The Morgan fingerprint density at radius 1 is 1.18 bits per heavy atom. The maximum absolute atomic E-state index is 13.9. The van der Waals surface area contributed by atoms with Gasteiger partial charge in [-0.1, -0.05) is 32.3 Å². The number of esters is 1. The van der Waals surface area contributed by atoms with Crippen LogP contribution in [-0.4, -0.2) is 49.6 Å². The lowest BCUT2D eigenvalue weighted by Gasteiger charge is -2.29. The zero-order valence-corrected chi connectivity index (χ0v) is 20.6. The minimum Gasteiger partial charge on any atom is -0.469 e. The minimum absolute atomic E-state index is 0.122. The first kappa shape index (κ1) is 28.6. The van der Waals surface area contributed by atoms with Crippen LogP contribution in [0.3, 0.4) is 0 Å². The SMILES string of the molecule is CCCC(F)(F)C(=O)/C=C/C[C@H]1[C@H](OC2CCCCO2)CC(=O)[C@@H]1CCCCCCC(=O)OC. The number of alkyl halides is 2. The van der Waals surface area contributed by atoms with Gasteiger partial charge in [0.05, 0.1) is 13.2 Å². The highest BCUT2D eigenvalue weighted by molar-refractivity contribution is 5.95. The van der Waals surface area contributed by atoms with E-state index in [0.717, 1.165) is 51.0 Å². The number of unbranched alkanes of at least 4 members (excludes halogenated alkanes) is 3. The Morgan fingerprint density at radius 2 is 1.94 bits per heavy atom. The van der Waals surface area contributed by atoms with Crippen molar-refractivity contribution in [1.29, 1.82) is 0 Å². The van der Waals surface area contributed by atoms with Crippen LogP contribution >= 0.6 is 0 Å². The van der Waals surface area contributed by atoms with Crippen molar-refractivity contribution in [3.63, 3.8) is 0 Å². The third-order valence-electron chi connectivity index (χ3n) is 6.75. The summed E-state index contributed by atoms with van der Waals surface area (Å²) in [5.41, 5.74) is 0. The maximum atomic E-state index is 13.9. The molecule has 194 valence electrons. The number of methoxy groups -OCH3 is 1. The van der Waals surface area contributed by atoms with Crippen LogP contribution in [0.2, 0.25) is 0 Å². The quantitative estimate of drug-likeness (QED) is 0.171. The highest BCUT2D eigenvalue weighted by Gasteiger charge is 2.43. The molecule has 1 aliphatic heterocycles. The fourth-order valence-electron chi connectivity index (χ4n) is 4.83. The molecule has 0 N–H and O–H groups in total. The first-order chi connectivity index (χ1) is 16.3. The molecule has 1 saturated heterocycles. The molecular formula is C26H40F2O6. The van der Waals surface area contributed by atoms with Crippen LogP contribution in [0, 0.1) is 11.8 Å². The Hall–Kier alpha value is -1.67. The van der Waals surface area contributed by atoms with E-state index in [0.29, 0.717) is 25.9 Å². The maximum Gasteiger partial charge on any atom is 0.309 e. The van der Waals surface area contributed by atoms with Gasteiger partial charge in [-0.3, -0.25) is 14.4 Å². The second-order valence-corrected chi connectivity index (χ2v) is 9.40. The van der Waals surface area contributed by atoms with Gasteiger partial charge in [-0.25, -0.2) is 0 Å². The van der Waals surface area contributed by atoms with E-state index in [-0.39, 0.29) is 48.8 Å². The number of halogens is 2. The largest absolute Gasteiger partial charge is 0.469 e. The summed E-state index contributed by atoms with van der Waals surface area (Å²) in [6, 6.07) is 0. The van der Waals surface area contributed by atoms with E-state index in [2.05, 4.69) is 4.74 Å². The summed E-state index contributed by atoms with van der Waals surface area (Å²) >= 11 is 0. The highest BCUT2D eigenvalue weighted by atomic mass is 19.3. The van der Waals surface area contributed by atoms with Crippen LogP contribution < -0.4 is 0 Å². The molecule has 1 aliphatic carbocycles. The van der Waals surface area contributed by atoms with Crippen LogP contribution in [0.5, 0.6) is 0 Å². The lowest BCUT2D eigenvalue weighted by atomic mass is 9.86. The number of Topliss-reactive ketones (excluding diaryl/α,β-unsaturated/α-hetero) is 1. The molecule has 4 atom stereocenters. The van der Waals surface area contributed by atoms with Crippen molar-refractivity contribution in [2.45, 2.75) is 109 Å². The fraction of sp³-hybridized carbons (Fsp3) is 0.808. The van der Waals surface area contributed by atoms with Gasteiger partial charge in [0.1, 0.15) is 5.78 Å². The van der Waals surface area contributed by atoms with Crippen LogP contribution in [0.15, 0.2) is 12.2 Å². The van der Waals surface area contributed by atoms with Crippen molar-refractivity contribution in [2.24, 2.45) is 11.8 Å². The van der Waals surface area contributed by atoms with Crippen molar-refractivity contribution >= 4 is 17.5 Å². The molecule has 0 aromatic heterocycles. The molecule has 2 aliphatic rings. The van der Waals surface area contributed by atoms with Gasteiger partial charge >= 0.3 is 11.9 Å². The van der Waals surface area contributed by atoms with Crippen molar-refractivity contribution < 1.29 is 37.4 Å². The molecule has 1 unspecified atom stereocenters. The third kappa shape index (κ3) is 9.17. The predicted molar refractivity (Wildman–Crippen MR) is 123 cm³/mol. The van der Waals surface area contributed by atoms with Crippen LogP contribution in [0.1, 0.15) is 90.4 Å². The van der Waals surface area contributed by atoms with Gasteiger partial charge in [-0.05, 0) is 56.9 Å². The second kappa shape index (κ2) is 14.7. The van der Waals surface area contributed by atoms with E-state index >= 15 is 0 Å². The summed E-state index contributed by atoms with van der Waals surface area (Å²) < 4.78 is 44.2. The molecule has 0 aromatic carbocycles. The van der Waals surface area contributed by atoms with E-state index in [9.17, 15) is 23.2 Å². The van der Waals surface area contributed by atoms with Crippen molar-refractivity contribution in [3.8, 4) is 0 Å². The monoisotopic (exact) mass is 486 g/mol. The fourth-order valence-corrected chi connectivity index (χ4v) is 4.83. The number of carbonyl (C=O) groups excluding carboxylic acids is 3. The standard InChI is InChI=1S/C26H40F2O6/c1-3-16-26(27,28)23(30)13-10-12-20-19(11-6-4-5-7-14-24(31)32-2)21(29)18-22(20)34-25-15-8-9-17-33-25/h10,13,19-20,22,25H,3-9,11-12,14-18H2,1-2H3/b13-10+/t19-,20-,22-,25?/m1/s1. The molecule has 0 aromatic rings. The number of ether oxygens (including phenoxy) is 3. The second-order valence-electron chi connectivity index (χ2n) is 9.40. The van der Waals surface area contributed by atoms with Gasteiger partial charge in [0.25, 0.3) is 0 Å². The average molecular weight is 487 g/mol. The third-order valence-corrected chi connectivity index (χ3v) is 6.75. The molecule has 0 bridgehead atoms. The Bertz CT molecular complexity index is 687. The first-order valence-corrected chi connectivity index (χ1v) is 12.7. The van der Waals surface area contributed by atoms with E-state index < -0.39 is 18.1 Å².